The number of esters is 1. The molecular weight excluding hydrogens is 386 g/mol. The van der Waals surface area contributed by atoms with Gasteiger partial charge in [-0.1, -0.05) is 30.3 Å². The zero-order valence-corrected chi connectivity index (χ0v) is 17.1. The second-order valence-corrected chi connectivity index (χ2v) is 7.38. The van der Waals surface area contributed by atoms with Crippen LogP contribution in [-0.2, 0) is 16.1 Å². The van der Waals surface area contributed by atoms with Gasteiger partial charge in [-0.05, 0) is 37.5 Å². The molecule has 0 N–H and O–H groups in total. The topological polar surface area (TPSA) is 93.0 Å². The maximum absolute atomic E-state index is 12.6. The van der Waals surface area contributed by atoms with E-state index in [0.29, 0.717) is 12.2 Å². The maximum Gasteiger partial charge on any atom is 0.339 e. The molecule has 158 valence electrons. The number of likely N-dealkylation sites (N-methyl/N-ethyl adjacent to an activating group) is 1. The van der Waals surface area contributed by atoms with Gasteiger partial charge >= 0.3 is 5.97 Å². The third-order valence-electron chi connectivity index (χ3n) is 5.12. The highest BCUT2D eigenvalue weighted by molar-refractivity contribution is 5.93. The first-order valence-corrected chi connectivity index (χ1v) is 9.90. The molecule has 30 heavy (non-hydrogen) atoms. The summed E-state index contributed by atoms with van der Waals surface area (Å²) >= 11 is 0. The molecular formula is C22H25N3O5. The SMILES string of the molecule is C[C@H](OC(=O)c1ccc(N2CCCC2)c([N+](=O)[O-])c1)C(=O)N(C)Cc1ccccc1. The van der Waals surface area contributed by atoms with E-state index < -0.39 is 17.0 Å². The summed E-state index contributed by atoms with van der Waals surface area (Å²) in [5, 5.41) is 11.5. The van der Waals surface area contributed by atoms with E-state index in [1.54, 1.807) is 13.1 Å². The molecule has 0 aliphatic carbocycles. The molecule has 1 aliphatic rings. The van der Waals surface area contributed by atoms with Crippen LogP contribution in [0.5, 0.6) is 0 Å². The number of hydrogen-bond donors (Lipinski definition) is 0. The van der Waals surface area contributed by atoms with Gasteiger partial charge in [0.05, 0.1) is 10.5 Å². The number of nitrogens with zero attached hydrogens (tertiary/aromatic N) is 3. The summed E-state index contributed by atoms with van der Waals surface area (Å²) in [4.78, 5) is 39.5. The number of anilines is 1. The number of nitro groups is 1. The van der Waals surface area contributed by atoms with E-state index in [-0.39, 0.29) is 17.2 Å². The molecule has 1 heterocycles. The lowest BCUT2D eigenvalue weighted by atomic mass is 10.1. The zero-order chi connectivity index (χ0) is 21.7. The Labute approximate surface area is 175 Å². The van der Waals surface area contributed by atoms with Crippen LogP contribution < -0.4 is 4.90 Å². The molecule has 2 aromatic carbocycles. The van der Waals surface area contributed by atoms with Gasteiger partial charge in [-0.25, -0.2) is 4.79 Å². The fraction of sp³-hybridized carbons (Fsp3) is 0.364. The highest BCUT2D eigenvalue weighted by Crippen LogP contribution is 2.32. The van der Waals surface area contributed by atoms with Crippen molar-refractivity contribution in [1.29, 1.82) is 0 Å². The molecule has 1 fully saturated rings. The van der Waals surface area contributed by atoms with E-state index >= 15 is 0 Å². The van der Waals surface area contributed by atoms with Crippen molar-refractivity contribution in [3.05, 3.63) is 69.8 Å². The first kappa shape index (κ1) is 21.3. The predicted molar refractivity (Wildman–Crippen MR) is 112 cm³/mol. The Bertz CT molecular complexity index is 926. The predicted octanol–water partition coefficient (Wildman–Crippen LogP) is 3.40. The lowest BCUT2D eigenvalue weighted by Gasteiger charge is -2.22. The Kier molecular flexibility index (Phi) is 6.66. The van der Waals surface area contributed by atoms with Crippen molar-refractivity contribution in [2.24, 2.45) is 0 Å². The van der Waals surface area contributed by atoms with E-state index in [1.165, 1.54) is 24.0 Å². The fourth-order valence-electron chi connectivity index (χ4n) is 3.55. The van der Waals surface area contributed by atoms with E-state index in [2.05, 4.69) is 0 Å². The standard InChI is InChI=1S/C22H25N3O5/c1-16(21(26)23(2)15-17-8-4-3-5-9-17)30-22(27)18-10-11-19(20(14-18)25(28)29)24-12-6-7-13-24/h3-5,8-11,14,16H,6-7,12-13,15H2,1-2H3/t16-/m0/s1. The smallest absolute Gasteiger partial charge is 0.339 e. The van der Waals surface area contributed by atoms with Gasteiger partial charge in [-0.15, -0.1) is 0 Å². The van der Waals surface area contributed by atoms with Crippen LogP contribution in [0.2, 0.25) is 0 Å². The Morgan fingerprint density at radius 1 is 1.17 bits per heavy atom. The second kappa shape index (κ2) is 9.39. The highest BCUT2D eigenvalue weighted by atomic mass is 16.6. The minimum absolute atomic E-state index is 0.0509. The van der Waals surface area contributed by atoms with Gasteiger partial charge < -0.3 is 14.5 Å². The van der Waals surface area contributed by atoms with Crippen molar-refractivity contribution < 1.29 is 19.2 Å². The van der Waals surface area contributed by atoms with E-state index in [4.69, 9.17) is 4.74 Å². The van der Waals surface area contributed by atoms with Crippen molar-refractivity contribution in [1.82, 2.24) is 4.90 Å². The van der Waals surface area contributed by atoms with Gasteiger partial charge in [0, 0.05) is 32.7 Å². The molecule has 3 rings (SSSR count). The van der Waals surface area contributed by atoms with Crippen LogP contribution in [0.1, 0.15) is 35.7 Å². The summed E-state index contributed by atoms with van der Waals surface area (Å²) in [7, 11) is 1.63. The highest BCUT2D eigenvalue weighted by Gasteiger charge is 2.26. The maximum atomic E-state index is 12.6. The van der Waals surface area contributed by atoms with Crippen LogP contribution in [0.25, 0.3) is 0 Å². The van der Waals surface area contributed by atoms with Crippen molar-refractivity contribution in [3.8, 4) is 0 Å². The zero-order valence-electron chi connectivity index (χ0n) is 17.1. The van der Waals surface area contributed by atoms with Gasteiger partial charge in [-0.2, -0.15) is 0 Å². The number of amides is 1. The van der Waals surface area contributed by atoms with Crippen LogP contribution in [0.3, 0.4) is 0 Å². The molecule has 0 bridgehead atoms. The number of nitro benzene ring substituents is 1. The molecule has 8 nitrogen and oxygen atoms in total. The Morgan fingerprint density at radius 3 is 2.47 bits per heavy atom. The average Bonchev–Trinajstić information content (AvgIpc) is 3.28. The van der Waals surface area contributed by atoms with Crippen molar-refractivity contribution >= 4 is 23.3 Å². The number of carbonyl (C=O) groups excluding carboxylic acids is 2. The average molecular weight is 411 g/mol. The lowest BCUT2D eigenvalue weighted by Crippen LogP contribution is -2.37. The van der Waals surface area contributed by atoms with Crippen molar-refractivity contribution in [2.75, 3.05) is 25.0 Å². The van der Waals surface area contributed by atoms with E-state index in [9.17, 15) is 19.7 Å². The molecule has 0 aromatic heterocycles. The first-order chi connectivity index (χ1) is 14.4. The second-order valence-electron chi connectivity index (χ2n) is 7.38. The van der Waals surface area contributed by atoms with Gasteiger partial charge in [0.2, 0.25) is 0 Å². The molecule has 1 saturated heterocycles. The summed E-state index contributed by atoms with van der Waals surface area (Å²) in [6, 6.07) is 13.8. The summed E-state index contributed by atoms with van der Waals surface area (Å²) in [5.74, 6) is -1.12. The molecule has 0 radical (unpaired) electrons. The summed E-state index contributed by atoms with van der Waals surface area (Å²) in [5.41, 5.74) is 1.38. The molecule has 0 spiro atoms. The Morgan fingerprint density at radius 2 is 1.83 bits per heavy atom. The van der Waals surface area contributed by atoms with Crippen LogP contribution in [0, 0.1) is 10.1 Å². The van der Waals surface area contributed by atoms with Gasteiger partial charge in [0.15, 0.2) is 6.10 Å². The molecule has 0 unspecified atom stereocenters. The van der Waals surface area contributed by atoms with Crippen molar-refractivity contribution in [2.45, 2.75) is 32.4 Å². The number of benzene rings is 2. The number of rotatable bonds is 7. The minimum Gasteiger partial charge on any atom is -0.449 e. The Hall–Kier alpha value is -3.42. The fourth-order valence-corrected chi connectivity index (χ4v) is 3.55. The summed E-state index contributed by atoms with van der Waals surface area (Å²) in [6.45, 7) is 3.39. The number of ether oxygens (including phenoxy) is 1. The third kappa shape index (κ3) is 4.94. The van der Waals surface area contributed by atoms with Gasteiger partial charge in [0.25, 0.3) is 11.6 Å². The molecule has 1 atom stereocenters. The van der Waals surface area contributed by atoms with Crippen LogP contribution in [0.15, 0.2) is 48.5 Å². The first-order valence-electron chi connectivity index (χ1n) is 9.90. The Balaban J connectivity index is 1.67. The monoisotopic (exact) mass is 411 g/mol. The molecule has 1 aliphatic heterocycles. The molecule has 1 amide bonds. The normalized spacial score (nSPS) is 14.3. The quantitative estimate of drug-likeness (QED) is 0.394. The third-order valence-corrected chi connectivity index (χ3v) is 5.12. The van der Waals surface area contributed by atoms with E-state index in [0.717, 1.165) is 31.5 Å². The summed E-state index contributed by atoms with van der Waals surface area (Å²) in [6.07, 6.45) is 0.956. The number of carbonyl (C=O) groups is 2. The van der Waals surface area contributed by atoms with Crippen LogP contribution in [-0.4, -0.2) is 47.9 Å². The van der Waals surface area contributed by atoms with Gasteiger partial charge in [0.1, 0.15) is 5.69 Å². The molecule has 8 heteroatoms. The summed E-state index contributed by atoms with van der Waals surface area (Å²) < 4.78 is 5.29. The minimum atomic E-state index is -1.01. The van der Waals surface area contributed by atoms with E-state index in [1.807, 2.05) is 35.2 Å². The van der Waals surface area contributed by atoms with Crippen LogP contribution >= 0.6 is 0 Å². The van der Waals surface area contributed by atoms with Crippen molar-refractivity contribution in [3.63, 3.8) is 0 Å². The molecule has 2 aromatic rings. The molecule has 0 saturated carbocycles. The largest absolute Gasteiger partial charge is 0.449 e. The van der Waals surface area contributed by atoms with Crippen LogP contribution in [0.4, 0.5) is 11.4 Å². The lowest BCUT2D eigenvalue weighted by molar-refractivity contribution is -0.384. The van der Waals surface area contributed by atoms with Gasteiger partial charge in [-0.3, -0.25) is 14.9 Å². The number of hydrogen-bond acceptors (Lipinski definition) is 6.